The van der Waals surface area contributed by atoms with Gasteiger partial charge in [0.1, 0.15) is 5.69 Å². The van der Waals surface area contributed by atoms with Crippen LogP contribution < -0.4 is 5.32 Å². The maximum atomic E-state index is 12.5. The molecule has 0 bridgehead atoms. The summed E-state index contributed by atoms with van der Waals surface area (Å²) < 4.78 is 0. The van der Waals surface area contributed by atoms with Crippen LogP contribution in [0.5, 0.6) is 0 Å². The smallest absolute Gasteiger partial charge is 0.268 e. The lowest BCUT2D eigenvalue weighted by Gasteiger charge is -2.17. The number of hydrogen-bond donors (Lipinski definition) is 2. The normalized spacial score (nSPS) is 12.3. The van der Waals surface area contributed by atoms with Gasteiger partial charge in [0.15, 0.2) is 0 Å². The Labute approximate surface area is 134 Å². The van der Waals surface area contributed by atoms with E-state index in [1.165, 1.54) is 0 Å². The lowest BCUT2D eigenvalue weighted by molar-refractivity contribution is 0.0931. The van der Waals surface area contributed by atoms with Gasteiger partial charge in [-0.25, -0.2) is 0 Å². The Morgan fingerprint density at radius 2 is 1.91 bits per heavy atom. The summed E-state index contributed by atoms with van der Waals surface area (Å²) in [6, 6.07) is 17.3. The predicted octanol–water partition coefficient (Wildman–Crippen LogP) is 4.70. The average molecular weight is 313 g/mol. The van der Waals surface area contributed by atoms with Gasteiger partial charge in [0.05, 0.1) is 6.04 Å². The molecule has 1 unspecified atom stereocenters. The second kappa shape index (κ2) is 6.24. The standard InChI is InChI=1S/C18H17ClN2O/c1-2-15(12-7-9-14(19)10-8-12)21-18(22)17-11-13-5-3-4-6-16(13)20-17/h3-11,15,20H,2H2,1H3,(H,21,22). The molecule has 0 saturated carbocycles. The van der Waals surface area contributed by atoms with Crippen LogP contribution in [0, 0.1) is 0 Å². The number of benzene rings is 2. The summed E-state index contributed by atoms with van der Waals surface area (Å²) in [5.74, 6) is -0.0991. The summed E-state index contributed by atoms with van der Waals surface area (Å²) in [5.41, 5.74) is 2.59. The average Bonchev–Trinajstić information content (AvgIpc) is 2.97. The Bertz CT molecular complexity index is 759. The van der Waals surface area contributed by atoms with Crippen molar-refractivity contribution in [3.05, 3.63) is 70.9 Å². The van der Waals surface area contributed by atoms with Crippen LogP contribution in [0.3, 0.4) is 0 Å². The largest absolute Gasteiger partial charge is 0.351 e. The number of halogens is 1. The zero-order valence-electron chi connectivity index (χ0n) is 12.3. The van der Waals surface area contributed by atoms with Crippen LogP contribution in [0.4, 0.5) is 0 Å². The van der Waals surface area contributed by atoms with Gasteiger partial charge in [0, 0.05) is 15.9 Å². The first-order valence-corrected chi connectivity index (χ1v) is 7.69. The van der Waals surface area contributed by atoms with Gasteiger partial charge in [0.25, 0.3) is 5.91 Å². The van der Waals surface area contributed by atoms with Crippen LogP contribution in [0.15, 0.2) is 54.6 Å². The molecular weight excluding hydrogens is 296 g/mol. The molecule has 2 N–H and O–H groups in total. The minimum absolute atomic E-state index is 0.0313. The Kier molecular flexibility index (Phi) is 4.16. The first-order valence-electron chi connectivity index (χ1n) is 7.31. The SMILES string of the molecule is CCC(NC(=O)c1cc2ccccc2[nH]1)c1ccc(Cl)cc1. The van der Waals surface area contributed by atoms with E-state index in [1.807, 2.05) is 61.5 Å². The molecule has 1 aromatic heterocycles. The van der Waals surface area contributed by atoms with E-state index in [1.54, 1.807) is 0 Å². The molecule has 2 aromatic carbocycles. The lowest BCUT2D eigenvalue weighted by atomic mass is 10.0. The first-order chi connectivity index (χ1) is 10.7. The zero-order valence-corrected chi connectivity index (χ0v) is 13.0. The number of hydrogen-bond acceptors (Lipinski definition) is 1. The molecule has 0 fully saturated rings. The van der Waals surface area contributed by atoms with Gasteiger partial charge < -0.3 is 10.3 Å². The zero-order chi connectivity index (χ0) is 15.5. The van der Waals surface area contributed by atoms with Gasteiger partial charge in [0.2, 0.25) is 0 Å². The topological polar surface area (TPSA) is 44.9 Å². The number of aromatic amines is 1. The van der Waals surface area contributed by atoms with Crippen LogP contribution in [-0.2, 0) is 0 Å². The van der Waals surface area contributed by atoms with Crippen molar-refractivity contribution in [1.82, 2.24) is 10.3 Å². The van der Waals surface area contributed by atoms with Crippen molar-refractivity contribution in [2.45, 2.75) is 19.4 Å². The number of carbonyl (C=O) groups is 1. The molecule has 3 nitrogen and oxygen atoms in total. The van der Waals surface area contributed by atoms with E-state index in [4.69, 9.17) is 11.6 Å². The van der Waals surface area contributed by atoms with E-state index in [0.717, 1.165) is 22.9 Å². The van der Waals surface area contributed by atoms with Gasteiger partial charge in [-0.2, -0.15) is 0 Å². The minimum Gasteiger partial charge on any atom is -0.351 e. The molecule has 3 aromatic rings. The number of para-hydroxylation sites is 1. The minimum atomic E-state index is -0.0991. The molecule has 0 spiro atoms. The second-order valence-electron chi connectivity index (χ2n) is 5.26. The summed E-state index contributed by atoms with van der Waals surface area (Å²) in [6.07, 6.45) is 0.813. The highest BCUT2D eigenvalue weighted by Crippen LogP contribution is 2.20. The maximum absolute atomic E-state index is 12.5. The number of rotatable bonds is 4. The molecular formula is C18H17ClN2O. The molecule has 3 rings (SSSR count). The summed E-state index contributed by atoms with van der Waals surface area (Å²) in [4.78, 5) is 15.6. The van der Waals surface area contributed by atoms with Gasteiger partial charge in [-0.05, 0) is 36.2 Å². The fraction of sp³-hybridized carbons (Fsp3) is 0.167. The second-order valence-corrected chi connectivity index (χ2v) is 5.69. The number of H-pyrrole nitrogens is 1. The Morgan fingerprint density at radius 3 is 2.59 bits per heavy atom. The highest BCUT2D eigenvalue weighted by Gasteiger charge is 2.15. The predicted molar refractivity (Wildman–Crippen MR) is 90.2 cm³/mol. The van der Waals surface area contributed by atoms with Crippen molar-refractivity contribution >= 4 is 28.4 Å². The fourth-order valence-corrected chi connectivity index (χ4v) is 2.67. The third kappa shape index (κ3) is 3.00. The molecule has 0 aliphatic heterocycles. The monoisotopic (exact) mass is 312 g/mol. The summed E-state index contributed by atoms with van der Waals surface area (Å²) >= 11 is 5.91. The first kappa shape index (κ1) is 14.7. The summed E-state index contributed by atoms with van der Waals surface area (Å²) in [5, 5.41) is 4.80. The fourth-order valence-electron chi connectivity index (χ4n) is 2.55. The lowest BCUT2D eigenvalue weighted by Crippen LogP contribution is -2.28. The van der Waals surface area contributed by atoms with Crippen LogP contribution in [0.2, 0.25) is 5.02 Å². The summed E-state index contributed by atoms with van der Waals surface area (Å²) in [7, 11) is 0. The molecule has 0 radical (unpaired) electrons. The van der Waals surface area contributed by atoms with E-state index in [9.17, 15) is 4.79 Å². The van der Waals surface area contributed by atoms with Crippen molar-refractivity contribution < 1.29 is 4.79 Å². The molecule has 4 heteroatoms. The molecule has 112 valence electrons. The molecule has 1 heterocycles. The van der Waals surface area contributed by atoms with Crippen molar-refractivity contribution in [3.63, 3.8) is 0 Å². The van der Waals surface area contributed by atoms with E-state index < -0.39 is 0 Å². The maximum Gasteiger partial charge on any atom is 0.268 e. The molecule has 22 heavy (non-hydrogen) atoms. The van der Waals surface area contributed by atoms with Crippen LogP contribution in [-0.4, -0.2) is 10.9 Å². The van der Waals surface area contributed by atoms with Crippen LogP contribution in [0.1, 0.15) is 35.4 Å². The Balaban J connectivity index is 1.80. The number of carbonyl (C=O) groups excluding carboxylic acids is 1. The summed E-state index contributed by atoms with van der Waals surface area (Å²) in [6.45, 7) is 2.05. The highest BCUT2D eigenvalue weighted by molar-refractivity contribution is 6.30. The Morgan fingerprint density at radius 1 is 1.18 bits per heavy atom. The van der Waals surface area contributed by atoms with Gasteiger partial charge in [-0.1, -0.05) is 48.9 Å². The van der Waals surface area contributed by atoms with E-state index >= 15 is 0 Å². The Hall–Kier alpha value is -2.26. The van der Waals surface area contributed by atoms with E-state index in [2.05, 4.69) is 10.3 Å². The molecule has 0 aliphatic carbocycles. The highest BCUT2D eigenvalue weighted by atomic mass is 35.5. The number of nitrogens with one attached hydrogen (secondary N) is 2. The molecule has 1 atom stereocenters. The van der Waals surface area contributed by atoms with Gasteiger partial charge >= 0.3 is 0 Å². The van der Waals surface area contributed by atoms with Gasteiger partial charge in [-0.3, -0.25) is 4.79 Å². The van der Waals surface area contributed by atoms with Crippen molar-refractivity contribution in [3.8, 4) is 0 Å². The van der Waals surface area contributed by atoms with E-state index in [-0.39, 0.29) is 11.9 Å². The van der Waals surface area contributed by atoms with E-state index in [0.29, 0.717) is 10.7 Å². The third-order valence-electron chi connectivity index (χ3n) is 3.76. The number of aromatic nitrogens is 1. The molecule has 0 saturated heterocycles. The van der Waals surface area contributed by atoms with Crippen LogP contribution >= 0.6 is 11.6 Å². The number of fused-ring (bicyclic) bond motifs is 1. The quantitative estimate of drug-likeness (QED) is 0.720. The molecule has 1 amide bonds. The van der Waals surface area contributed by atoms with Crippen molar-refractivity contribution in [2.75, 3.05) is 0 Å². The van der Waals surface area contributed by atoms with Gasteiger partial charge in [-0.15, -0.1) is 0 Å². The van der Waals surface area contributed by atoms with Crippen molar-refractivity contribution in [2.24, 2.45) is 0 Å². The molecule has 0 aliphatic rings. The van der Waals surface area contributed by atoms with Crippen molar-refractivity contribution in [1.29, 1.82) is 0 Å². The number of amides is 1. The third-order valence-corrected chi connectivity index (χ3v) is 4.01. The van der Waals surface area contributed by atoms with Crippen LogP contribution in [0.25, 0.3) is 10.9 Å².